The Kier molecular flexibility index (Phi) is 3.04. The van der Waals surface area contributed by atoms with Crippen molar-refractivity contribution >= 4 is 17.6 Å². The molecule has 9 heteroatoms. The van der Waals surface area contributed by atoms with Crippen LogP contribution >= 0.6 is 0 Å². The molecular weight excluding hydrogens is 242 g/mol. The Hall–Kier alpha value is -2.32. The number of hydrogen-bond acceptors (Lipinski definition) is 6. The van der Waals surface area contributed by atoms with Crippen molar-refractivity contribution < 1.29 is 14.4 Å². The van der Waals surface area contributed by atoms with E-state index >= 15 is 0 Å². The van der Waals surface area contributed by atoms with Crippen LogP contribution in [0.3, 0.4) is 0 Å². The number of nitrogens with two attached hydrogens (primary N) is 1. The molecule has 0 bridgehead atoms. The van der Waals surface area contributed by atoms with E-state index in [1.165, 1.54) is 6.07 Å². The highest BCUT2D eigenvalue weighted by Gasteiger charge is 2.35. The SMILES string of the molecule is Nc1cc(N2CCCCC2)[n+]([O-])c([N+](=O)[O-])[n+]1[O-]. The third kappa shape index (κ3) is 1.94. The van der Waals surface area contributed by atoms with Gasteiger partial charge in [-0.05, 0) is 19.3 Å². The maximum absolute atomic E-state index is 11.8. The summed E-state index contributed by atoms with van der Waals surface area (Å²) in [7, 11) is 0. The number of nitrogens with zero attached hydrogens (tertiary/aromatic N) is 4. The molecule has 98 valence electrons. The Bertz CT molecular complexity index is 486. The summed E-state index contributed by atoms with van der Waals surface area (Å²) in [5, 5.41) is 33.9. The second-order valence-electron chi connectivity index (χ2n) is 4.12. The fraction of sp³-hybridized carbons (Fsp3) is 0.556. The van der Waals surface area contributed by atoms with Gasteiger partial charge in [-0.3, -0.25) is 0 Å². The van der Waals surface area contributed by atoms with Gasteiger partial charge in [0.05, 0.1) is 0 Å². The molecule has 0 unspecified atom stereocenters. The summed E-state index contributed by atoms with van der Waals surface area (Å²) in [6.07, 6.45) is 2.86. The lowest BCUT2D eigenvalue weighted by molar-refractivity contribution is -0.789. The van der Waals surface area contributed by atoms with E-state index in [4.69, 9.17) is 5.73 Å². The van der Waals surface area contributed by atoms with Crippen LogP contribution in [0.1, 0.15) is 19.3 Å². The molecule has 0 atom stereocenters. The lowest BCUT2D eigenvalue weighted by Gasteiger charge is -2.20. The average Bonchev–Trinajstić information content (AvgIpc) is 2.34. The molecule has 2 heterocycles. The van der Waals surface area contributed by atoms with Crippen LogP contribution in [0.4, 0.5) is 17.6 Å². The molecule has 2 N–H and O–H groups in total. The lowest BCUT2D eigenvalue weighted by atomic mass is 10.1. The summed E-state index contributed by atoms with van der Waals surface area (Å²) < 4.78 is -0.130. The molecule has 1 aliphatic rings. The Morgan fingerprint density at radius 1 is 1.22 bits per heavy atom. The van der Waals surface area contributed by atoms with E-state index < -0.39 is 10.9 Å². The number of anilines is 2. The Balaban J connectivity index is 2.50. The first-order valence-electron chi connectivity index (χ1n) is 5.57. The molecule has 1 fully saturated rings. The third-order valence-corrected chi connectivity index (χ3v) is 2.93. The lowest BCUT2D eigenvalue weighted by Crippen LogP contribution is -2.51. The normalized spacial score (nSPS) is 15.7. The van der Waals surface area contributed by atoms with Gasteiger partial charge in [-0.25, -0.2) is 4.90 Å². The van der Waals surface area contributed by atoms with E-state index in [1.54, 1.807) is 4.90 Å². The molecule has 1 aromatic heterocycles. The molecule has 0 saturated carbocycles. The average molecular weight is 255 g/mol. The zero-order valence-corrected chi connectivity index (χ0v) is 9.61. The molecule has 1 aromatic rings. The predicted molar refractivity (Wildman–Crippen MR) is 61.5 cm³/mol. The molecule has 18 heavy (non-hydrogen) atoms. The summed E-state index contributed by atoms with van der Waals surface area (Å²) in [5.74, 6) is -1.41. The number of nitro groups is 1. The topological polar surface area (TPSA) is 126 Å². The van der Waals surface area contributed by atoms with Gasteiger partial charge in [0.2, 0.25) is 0 Å². The van der Waals surface area contributed by atoms with E-state index in [0.717, 1.165) is 19.3 Å². The van der Waals surface area contributed by atoms with Gasteiger partial charge in [0.1, 0.15) is 24.1 Å². The Morgan fingerprint density at radius 2 is 1.83 bits per heavy atom. The molecule has 9 nitrogen and oxygen atoms in total. The van der Waals surface area contributed by atoms with Crippen molar-refractivity contribution in [1.29, 1.82) is 0 Å². The van der Waals surface area contributed by atoms with Crippen LogP contribution in [-0.4, -0.2) is 18.0 Å². The predicted octanol–water partition coefficient (Wildman–Crippen LogP) is -0.566. The monoisotopic (exact) mass is 255 g/mol. The summed E-state index contributed by atoms with van der Waals surface area (Å²) >= 11 is 0. The first-order chi connectivity index (χ1) is 8.52. The standard InChI is InChI=1S/C9H13N5O4/c10-7-6-8(11-4-2-1-3-5-11)13(16)9(12(7)15)14(17)18/h6H,1-5,10H2. The van der Waals surface area contributed by atoms with E-state index in [9.17, 15) is 20.5 Å². The number of hydrogen-bond donors (Lipinski definition) is 1. The number of nitrogen functional groups attached to an aromatic ring is 1. The summed E-state index contributed by atoms with van der Waals surface area (Å²) in [5.41, 5.74) is 5.40. The number of aromatic nitrogens is 2. The highest BCUT2D eigenvalue weighted by Crippen LogP contribution is 2.18. The van der Waals surface area contributed by atoms with Crippen molar-refractivity contribution in [3.63, 3.8) is 0 Å². The molecule has 0 spiro atoms. The van der Waals surface area contributed by atoms with Crippen LogP contribution in [0, 0.1) is 20.5 Å². The van der Waals surface area contributed by atoms with Crippen LogP contribution in [0.5, 0.6) is 0 Å². The number of rotatable bonds is 2. The van der Waals surface area contributed by atoms with Crippen molar-refractivity contribution in [2.45, 2.75) is 19.3 Å². The first-order valence-corrected chi connectivity index (χ1v) is 5.57. The maximum atomic E-state index is 11.8. The molecule has 0 aliphatic carbocycles. The number of piperidine rings is 1. The van der Waals surface area contributed by atoms with E-state index in [0.29, 0.717) is 13.1 Å². The third-order valence-electron chi connectivity index (χ3n) is 2.93. The maximum Gasteiger partial charge on any atom is 0.643 e. The molecule has 0 amide bonds. The second-order valence-corrected chi connectivity index (χ2v) is 4.12. The molecule has 1 aliphatic heterocycles. The van der Waals surface area contributed by atoms with Gasteiger partial charge >= 0.3 is 11.8 Å². The van der Waals surface area contributed by atoms with Crippen molar-refractivity contribution in [3.05, 3.63) is 26.6 Å². The summed E-state index contributed by atoms with van der Waals surface area (Å²) in [4.78, 5) is 11.4. The van der Waals surface area contributed by atoms with Gasteiger partial charge in [-0.2, -0.15) is 0 Å². The van der Waals surface area contributed by atoms with Gasteiger partial charge in [-0.15, -0.1) is 0 Å². The fourth-order valence-electron chi connectivity index (χ4n) is 2.04. The largest absolute Gasteiger partial charge is 0.657 e. The second kappa shape index (κ2) is 4.51. The van der Waals surface area contributed by atoms with Crippen LogP contribution < -0.4 is 20.1 Å². The summed E-state index contributed by atoms with van der Waals surface area (Å²) in [6.45, 7) is 1.25. The quantitative estimate of drug-likeness (QED) is 0.326. The molecule has 1 saturated heterocycles. The van der Waals surface area contributed by atoms with E-state index in [-0.39, 0.29) is 21.1 Å². The molecule has 0 aromatic carbocycles. The van der Waals surface area contributed by atoms with Crippen LogP contribution in [0.15, 0.2) is 6.07 Å². The fourth-order valence-corrected chi connectivity index (χ4v) is 2.04. The van der Waals surface area contributed by atoms with Crippen molar-refractivity contribution in [3.8, 4) is 0 Å². The Morgan fingerprint density at radius 3 is 2.39 bits per heavy atom. The van der Waals surface area contributed by atoms with Gasteiger partial charge in [0.25, 0.3) is 5.82 Å². The van der Waals surface area contributed by atoms with Crippen molar-refractivity contribution in [2.75, 3.05) is 23.7 Å². The van der Waals surface area contributed by atoms with Gasteiger partial charge in [0.15, 0.2) is 0 Å². The minimum Gasteiger partial charge on any atom is -0.657 e. The van der Waals surface area contributed by atoms with Crippen molar-refractivity contribution in [2.24, 2.45) is 0 Å². The highest BCUT2D eigenvalue weighted by atomic mass is 16.6. The zero-order valence-electron chi connectivity index (χ0n) is 9.61. The smallest absolute Gasteiger partial charge is 0.643 e. The van der Waals surface area contributed by atoms with E-state index in [1.807, 2.05) is 0 Å². The van der Waals surface area contributed by atoms with Crippen molar-refractivity contribution in [1.82, 2.24) is 0 Å². The highest BCUT2D eigenvalue weighted by molar-refractivity contribution is 5.41. The minimum atomic E-state index is -1.12. The molecule has 2 rings (SSSR count). The van der Waals surface area contributed by atoms with Crippen LogP contribution in [0.25, 0.3) is 0 Å². The van der Waals surface area contributed by atoms with Gasteiger partial charge in [0, 0.05) is 0 Å². The summed E-state index contributed by atoms with van der Waals surface area (Å²) in [6, 6.07) is 1.18. The Labute approximate surface area is 102 Å². The van der Waals surface area contributed by atoms with Gasteiger partial charge < -0.3 is 26.3 Å². The molecular formula is C9H13N5O4. The minimum absolute atomic E-state index is 0.0364. The van der Waals surface area contributed by atoms with Crippen LogP contribution in [0.2, 0.25) is 0 Å². The zero-order chi connectivity index (χ0) is 13.3. The first kappa shape index (κ1) is 12.1. The van der Waals surface area contributed by atoms with Gasteiger partial charge in [-0.1, -0.05) is 9.46 Å². The molecule has 0 radical (unpaired) electrons. The van der Waals surface area contributed by atoms with E-state index in [2.05, 4.69) is 0 Å². The van der Waals surface area contributed by atoms with Crippen LogP contribution in [-0.2, 0) is 0 Å².